The molecule has 0 amide bonds. The van der Waals surface area contributed by atoms with Gasteiger partial charge in [-0.3, -0.25) is 14.3 Å². The number of hydrogen-bond acceptors (Lipinski definition) is 7. The molecule has 154 valence electrons. The van der Waals surface area contributed by atoms with Crippen LogP contribution in [0.4, 0.5) is 5.95 Å². The number of nitrogens with zero attached hydrogens (tertiary/aromatic N) is 4. The van der Waals surface area contributed by atoms with E-state index in [-0.39, 0.29) is 36.4 Å². The standard InChI is InChI=1S/C19H24N6O4/c1-12(2)29-11-14(26)10-25-15-16(24(3)19(28)22-17(15)27)21-18(25)23-20-9-13-7-5-4-6-8-13/h4-9,12,14,26H,10-11H2,1-3H3,(H,21,23)(H,22,27,28)/b20-9-/t14-/m0/s1. The predicted octanol–water partition coefficient (Wildman–Crippen LogP) is 0.655. The Labute approximate surface area is 166 Å². The molecule has 2 aromatic heterocycles. The molecule has 0 unspecified atom stereocenters. The van der Waals surface area contributed by atoms with Crippen molar-refractivity contribution in [3.63, 3.8) is 0 Å². The van der Waals surface area contributed by atoms with Gasteiger partial charge in [0.25, 0.3) is 5.56 Å². The summed E-state index contributed by atoms with van der Waals surface area (Å²) in [4.78, 5) is 30.9. The molecular weight excluding hydrogens is 376 g/mol. The summed E-state index contributed by atoms with van der Waals surface area (Å²) in [5.41, 5.74) is 2.85. The van der Waals surface area contributed by atoms with E-state index in [9.17, 15) is 14.7 Å². The van der Waals surface area contributed by atoms with Gasteiger partial charge in [-0.05, 0) is 19.4 Å². The minimum absolute atomic E-state index is 0.0354. The van der Waals surface area contributed by atoms with E-state index in [1.165, 1.54) is 16.2 Å². The summed E-state index contributed by atoms with van der Waals surface area (Å²) in [7, 11) is 1.51. The third kappa shape index (κ3) is 4.79. The molecule has 10 heteroatoms. The largest absolute Gasteiger partial charge is 0.389 e. The number of aromatic nitrogens is 4. The van der Waals surface area contributed by atoms with E-state index in [0.717, 1.165) is 5.56 Å². The van der Waals surface area contributed by atoms with Crippen molar-refractivity contribution in [2.45, 2.75) is 32.6 Å². The number of hydrazone groups is 1. The number of anilines is 1. The van der Waals surface area contributed by atoms with Crippen LogP contribution in [0.3, 0.4) is 0 Å². The van der Waals surface area contributed by atoms with Crippen LogP contribution in [0.2, 0.25) is 0 Å². The molecule has 0 fully saturated rings. The Hall–Kier alpha value is -3.24. The van der Waals surface area contributed by atoms with Gasteiger partial charge in [0.05, 0.1) is 31.6 Å². The van der Waals surface area contributed by atoms with Crippen LogP contribution < -0.4 is 16.7 Å². The van der Waals surface area contributed by atoms with E-state index in [1.54, 1.807) is 6.21 Å². The van der Waals surface area contributed by atoms with Gasteiger partial charge in [0.15, 0.2) is 11.2 Å². The SMILES string of the molecule is CC(C)OC[C@@H](O)Cn1c(N/N=C\c2ccccc2)nc2c1c(=O)[nH]c(=O)n2C. The van der Waals surface area contributed by atoms with Crippen molar-refractivity contribution in [1.29, 1.82) is 0 Å². The van der Waals surface area contributed by atoms with Crippen molar-refractivity contribution in [3.05, 3.63) is 56.7 Å². The number of aliphatic hydroxyl groups is 1. The average molecular weight is 400 g/mol. The lowest BCUT2D eigenvalue weighted by atomic mass is 10.2. The average Bonchev–Trinajstić information content (AvgIpc) is 3.04. The number of ether oxygens (including phenoxy) is 1. The highest BCUT2D eigenvalue weighted by molar-refractivity contribution is 5.80. The third-order valence-electron chi connectivity index (χ3n) is 4.20. The first-order valence-electron chi connectivity index (χ1n) is 9.20. The van der Waals surface area contributed by atoms with E-state index in [2.05, 4.69) is 20.5 Å². The van der Waals surface area contributed by atoms with E-state index in [1.807, 2.05) is 44.2 Å². The maximum atomic E-state index is 12.4. The van der Waals surface area contributed by atoms with Gasteiger partial charge in [0.1, 0.15) is 0 Å². The lowest BCUT2D eigenvalue weighted by molar-refractivity contribution is -0.000105. The minimum atomic E-state index is -0.884. The van der Waals surface area contributed by atoms with Crippen LogP contribution in [0, 0.1) is 0 Å². The highest BCUT2D eigenvalue weighted by atomic mass is 16.5. The van der Waals surface area contributed by atoms with Gasteiger partial charge in [-0.25, -0.2) is 10.2 Å². The molecule has 3 rings (SSSR count). The van der Waals surface area contributed by atoms with Crippen LogP contribution in [0.25, 0.3) is 11.2 Å². The molecule has 0 saturated carbocycles. The van der Waals surface area contributed by atoms with Gasteiger partial charge >= 0.3 is 5.69 Å². The summed E-state index contributed by atoms with van der Waals surface area (Å²) < 4.78 is 8.16. The zero-order valence-corrected chi connectivity index (χ0v) is 16.5. The van der Waals surface area contributed by atoms with Crippen molar-refractivity contribution in [1.82, 2.24) is 19.1 Å². The van der Waals surface area contributed by atoms with E-state index >= 15 is 0 Å². The molecule has 0 bridgehead atoms. The summed E-state index contributed by atoms with van der Waals surface area (Å²) in [5.74, 6) is 0.225. The molecule has 10 nitrogen and oxygen atoms in total. The van der Waals surface area contributed by atoms with Gasteiger partial charge in [0.2, 0.25) is 5.95 Å². The van der Waals surface area contributed by atoms with Crippen LogP contribution in [0.5, 0.6) is 0 Å². The van der Waals surface area contributed by atoms with Crippen molar-refractivity contribution >= 4 is 23.3 Å². The highest BCUT2D eigenvalue weighted by Crippen LogP contribution is 2.16. The Bertz CT molecular complexity index is 1110. The molecule has 0 aliphatic heterocycles. The van der Waals surface area contributed by atoms with Crippen LogP contribution in [0.1, 0.15) is 19.4 Å². The number of H-pyrrole nitrogens is 1. The zero-order valence-electron chi connectivity index (χ0n) is 16.5. The molecule has 29 heavy (non-hydrogen) atoms. The van der Waals surface area contributed by atoms with Crippen molar-refractivity contribution in [2.24, 2.45) is 12.1 Å². The minimum Gasteiger partial charge on any atom is -0.389 e. The Kier molecular flexibility index (Phi) is 6.25. The molecule has 0 spiro atoms. The second kappa shape index (κ2) is 8.84. The number of fused-ring (bicyclic) bond motifs is 1. The second-order valence-electron chi connectivity index (χ2n) is 6.85. The normalized spacial score (nSPS) is 12.9. The van der Waals surface area contributed by atoms with Crippen molar-refractivity contribution in [3.8, 4) is 0 Å². The molecule has 1 aromatic carbocycles. The maximum Gasteiger partial charge on any atom is 0.329 e. The zero-order chi connectivity index (χ0) is 21.0. The summed E-state index contributed by atoms with van der Waals surface area (Å²) in [6, 6.07) is 9.44. The van der Waals surface area contributed by atoms with Crippen molar-refractivity contribution < 1.29 is 9.84 Å². The monoisotopic (exact) mass is 400 g/mol. The summed E-state index contributed by atoms with van der Waals surface area (Å²) >= 11 is 0. The number of benzene rings is 1. The summed E-state index contributed by atoms with van der Waals surface area (Å²) in [6.07, 6.45) is 0.678. The maximum absolute atomic E-state index is 12.4. The molecule has 3 N–H and O–H groups in total. The van der Waals surface area contributed by atoms with Gasteiger partial charge < -0.3 is 14.4 Å². The van der Waals surface area contributed by atoms with E-state index in [4.69, 9.17) is 4.74 Å². The first-order valence-corrected chi connectivity index (χ1v) is 9.20. The quantitative estimate of drug-likeness (QED) is 0.377. The number of nitrogens with one attached hydrogen (secondary N) is 2. The predicted molar refractivity (Wildman–Crippen MR) is 110 cm³/mol. The lowest BCUT2D eigenvalue weighted by Gasteiger charge is -2.15. The first-order chi connectivity index (χ1) is 13.9. The molecule has 0 aliphatic carbocycles. The van der Waals surface area contributed by atoms with E-state index in [0.29, 0.717) is 0 Å². The number of aromatic amines is 1. The Balaban J connectivity index is 1.97. The lowest BCUT2D eigenvalue weighted by Crippen LogP contribution is -2.30. The van der Waals surface area contributed by atoms with Crippen LogP contribution in [-0.2, 0) is 18.3 Å². The van der Waals surface area contributed by atoms with Gasteiger partial charge in [-0.2, -0.15) is 10.1 Å². The van der Waals surface area contributed by atoms with E-state index < -0.39 is 17.4 Å². The fourth-order valence-electron chi connectivity index (χ4n) is 2.77. The van der Waals surface area contributed by atoms with Gasteiger partial charge in [0, 0.05) is 7.05 Å². The number of hydrogen-bond donors (Lipinski definition) is 3. The van der Waals surface area contributed by atoms with Gasteiger partial charge in [-0.1, -0.05) is 30.3 Å². The van der Waals surface area contributed by atoms with Crippen LogP contribution >= 0.6 is 0 Å². The number of imidazole rings is 1. The Morgan fingerprint density at radius 2 is 2.03 bits per heavy atom. The molecule has 2 heterocycles. The summed E-state index contributed by atoms with van der Waals surface area (Å²) in [5, 5.41) is 14.5. The van der Waals surface area contributed by atoms with Crippen molar-refractivity contribution in [2.75, 3.05) is 12.0 Å². The molecule has 3 aromatic rings. The summed E-state index contributed by atoms with van der Waals surface area (Å²) in [6.45, 7) is 3.86. The molecule has 0 saturated heterocycles. The Morgan fingerprint density at radius 3 is 2.72 bits per heavy atom. The molecule has 1 atom stereocenters. The number of aryl methyl sites for hydroxylation is 1. The molecule has 0 aliphatic rings. The molecule has 0 radical (unpaired) electrons. The van der Waals surface area contributed by atoms with Gasteiger partial charge in [-0.15, -0.1) is 0 Å². The smallest absolute Gasteiger partial charge is 0.329 e. The van der Waals surface area contributed by atoms with Crippen LogP contribution in [0.15, 0.2) is 45.0 Å². The topological polar surface area (TPSA) is 127 Å². The third-order valence-corrected chi connectivity index (χ3v) is 4.20. The molecular formula is C19H24N6O4. The number of aliphatic hydroxyl groups excluding tert-OH is 1. The fourth-order valence-corrected chi connectivity index (χ4v) is 2.77. The second-order valence-corrected chi connectivity index (χ2v) is 6.85. The fraction of sp³-hybridized carbons (Fsp3) is 0.368. The highest BCUT2D eigenvalue weighted by Gasteiger charge is 2.19. The first kappa shape index (κ1) is 20.5. The van der Waals surface area contributed by atoms with Crippen LogP contribution in [-0.4, -0.2) is 49.2 Å². The number of rotatable bonds is 8. The Morgan fingerprint density at radius 1 is 1.31 bits per heavy atom.